The third-order valence-corrected chi connectivity index (χ3v) is 3.83. The topological polar surface area (TPSA) is 73.1 Å². The summed E-state index contributed by atoms with van der Waals surface area (Å²) in [6.45, 7) is 1.84. The number of nitrogen functional groups attached to an aromatic ring is 1. The minimum Gasteiger partial charge on any atom is -0.437 e. The Morgan fingerprint density at radius 1 is 1.29 bits per heavy atom. The van der Waals surface area contributed by atoms with E-state index in [0.717, 1.165) is 24.2 Å². The van der Waals surface area contributed by atoms with E-state index in [2.05, 4.69) is 15.4 Å². The zero-order chi connectivity index (χ0) is 15.0. The van der Waals surface area contributed by atoms with E-state index in [0.29, 0.717) is 33.4 Å². The Bertz CT molecular complexity index is 689. The smallest absolute Gasteiger partial charge is 0.227 e. The summed E-state index contributed by atoms with van der Waals surface area (Å²) >= 11 is 12.0. The molecule has 1 aromatic carbocycles. The monoisotopic (exact) mass is 324 g/mol. The van der Waals surface area contributed by atoms with Crippen molar-refractivity contribution in [3.63, 3.8) is 0 Å². The van der Waals surface area contributed by atoms with Gasteiger partial charge in [-0.3, -0.25) is 0 Å². The first-order chi connectivity index (χ1) is 10.1. The molecule has 7 heteroatoms. The zero-order valence-corrected chi connectivity index (χ0v) is 12.9. The van der Waals surface area contributed by atoms with Gasteiger partial charge in [0.1, 0.15) is 11.6 Å². The van der Waals surface area contributed by atoms with Crippen LogP contribution in [0.1, 0.15) is 30.1 Å². The number of hydrogen-bond acceptors (Lipinski definition) is 5. The maximum atomic E-state index is 6.13. The predicted octanol–water partition coefficient (Wildman–Crippen LogP) is 4.05. The number of nitrogens with zero attached hydrogens (tertiary/aromatic N) is 2. The molecule has 0 radical (unpaired) electrons. The first-order valence-electron chi connectivity index (χ1n) is 6.56. The molecule has 3 rings (SSSR count). The van der Waals surface area contributed by atoms with E-state index in [-0.39, 0.29) is 0 Å². The molecule has 0 amide bonds. The van der Waals surface area contributed by atoms with Crippen molar-refractivity contribution in [1.82, 2.24) is 9.97 Å². The normalized spacial score (nSPS) is 14.1. The van der Waals surface area contributed by atoms with Crippen molar-refractivity contribution < 1.29 is 4.74 Å². The van der Waals surface area contributed by atoms with Crippen LogP contribution in [0.2, 0.25) is 10.0 Å². The highest BCUT2D eigenvalue weighted by molar-refractivity contribution is 6.35. The molecule has 3 N–H and O–H groups in total. The molecule has 5 nitrogen and oxygen atoms in total. The lowest BCUT2D eigenvalue weighted by Crippen LogP contribution is -2.13. The highest BCUT2D eigenvalue weighted by Gasteiger charge is 2.28. The van der Waals surface area contributed by atoms with Gasteiger partial charge in [0, 0.05) is 10.9 Å². The van der Waals surface area contributed by atoms with E-state index in [1.165, 1.54) is 0 Å². The van der Waals surface area contributed by atoms with E-state index in [1.807, 2.05) is 6.92 Å². The molecule has 0 spiro atoms. The number of nitrogens with two attached hydrogens (primary N) is 1. The highest BCUT2D eigenvalue weighted by Crippen LogP contribution is 2.41. The van der Waals surface area contributed by atoms with Crippen molar-refractivity contribution in [2.24, 2.45) is 5.84 Å². The molecule has 21 heavy (non-hydrogen) atoms. The molecule has 1 aromatic heterocycles. The van der Waals surface area contributed by atoms with Gasteiger partial charge in [0.2, 0.25) is 5.88 Å². The van der Waals surface area contributed by atoms with Gasteiger partial charge in [0.25, 0.3) is 0 Å². The van der Waals surface area contributed by atoms with Crippen LogP contribution in [0.4, 0.5) is 5.82 Å². The van der Waals surface area contributed by atoms with Crippen molar-refractivity contribution in [1.29, 1.82) is 0 Å². The van der Waals surface area contributed by atoms with Crippen molar-refractivity contribution in [3.05, 3.63) is 39.6 Å². The van der Waals surface area contributed by atoms with Crippen molar-refractivity contribution in [2.45, 2.75) is 25.7 Å². The predicted molar refractivity (Wildman–Crippen MR) is 83.1 cm³/mol. The SMILES string of the molecule is Cc1c(NN)nc(C2CC2)nc1Oc1ccc(Cl)cc1Cl. The van der Waals surface area contributed by atoms with Gasteiger partial charge in [0.15, 0.2) is 5.82 Å². The first-order valence-corrected chi connectivity index (χ1v) is 7.32. The molecule has 1 fully saturated rings. The summed E-state index contributed by atoms with van der Waals surface area (Å²) in [5, 5.41) is 0.977. The molecule has 1 aliphatic rings. The molecule has 0 saturated heterocycles. The second kappa shape index (κ2) is 5.67. The molecule has 0 atom stereocenters. The number of anilines is 1. The molecule has 2 aromatic rings. The molecule has 0 unspecified atom stereocenters. The van der Waals surface area contributed by atoms with Crippen LogP contribution in [0.3, 0.4) is 0 Å². The lowest BCUT2D eigenvalue weighted by atomic mass is 10.3. The Kier molecular flexibility index (Phi) is 3.89. The van der Waals surface area contributed by atoms with Gasteiger partial charge in [-0.1, -0.05) is 23.2 Å². The molecular weight excluding hydrogens is 311 g/mol. The Labute approximate surface area is 132 Å². The second-order valence-corrected chi connectivity index (χ2v) is 5.80. The molecule has 1 heterocycles. The number of hydrogen-bond donors (Lipinski definition) is 2. The van der Waals surface area contributed by atoms with Gasteiger partial charge in [-0.15, -0.1) is 0 Å². The standard InChI is InChI=1S/C14H14Cl2N4O/c1-7-12(20-17)18-13(8-2-3-8)19-14(7)21-11-5-4-9(15)6-10(11)16/h4-6,8H,2-3,17H2,1H3,(H,18,19,20). The molecule has 0 bridgehead atoms. The number of nitrogens with one attached hydrogen (secondary N) is 1. The number of aromatic nitrogens is 2. The van der Waals surface area contributed by atoms with Crippen LogP contribution in [0.5, 0.6) is 11.6 Å². The average molecular weight is 325 g/mol. The third-order valence-electron chi connectivity index (χ3n) is 3.30. The molecule has 0 aliphatic heterocycles. The van der Waals surface area contributed by atoms with Gasteiger partial charge < -0.3 is 10.2 Å². The molecule has 1 saturated carbocycles. The maximum Gasteiger partial charge on any atom is 0.227 e. The van der Waals surface area contributed by atoms with E-state index < -0.39 is 0 Å². The summed E-state index contributed by atoms with van der Waals surface area (Å²) in [5.74, 6) is 8.15. The fourth-order valence-corrected chi connectivity index (χ4v) is 2.39. The highest BCUT2D eigenvalue weighted by atomic mass is 35.5. The van der Waals surface area contributed by atoms with Gasteiger partial charge in [-0.2, -0.15) is 4.98 Å². The van der Waals surface area contributed by atoms with E-state index in [1.54, 1.807) is 18.2 Å². The van der Waals surface area contributed by atoms with Gasteiger partial charge in [-0.05, 0) is 38.0 Å². The van der Waals surface area contributed by atoms with Crippen molar-refractivity contribution in [2.75, 3.05) is 5.43 Å². The van der Waals surface area contributed by atoms with Crippen LogP contribution >= 0.6 is 23.2 Å². The summed E-state index contributed by atoms with van der Waals surface area (Å²) in [4.78, 5) is 8.89. The molecule has 1 aliphatic carbocycles. The summed E-state index contributed by atoms with van der Waals surface area (Å²) in [7, 11) is 0. The second-order valence-electron chi connectivity index (χ2n) is 4.96. The average Bonchev–Trinajstić information content (AvgIpc) is 3.28. The quantitative estimate of drug-likeness (QED) is 0.655. The van der Waals surface area contributed by atoms with E-state index >= 15 is 0 Å². The van der Waals surface area contributed by atoms with Gasteiger partial charge in [0.05, 0.1) is 10.6 Å². The molecular formula is C14H14Cl2N4O. The van der Waals surface area contributed by atoms with E-state index in [4.69, 9.17) is 33.8 Å². The van der Waals surface area contributed by atoms with Crippen LogP contribution in [-0.2, 0) is 0 Å². The Balaban J connectivity index is 1.98. The van der Waals surface area contributed by atoms with Crippen molar-refractivity contribution in [3.8, 4) is 11.6 Å². The third kappa shape index (κ3) is 3.05. The lowest BCUT2D eigenvalue weighted by molar-refractivity contribution is 0.455. The Hall–Kier alpha value is -1.56. The number of ether oxygens (including phenoxy) is 1. The first kappa shape index (κ1) is 14.4. The summed E-state index contributed by atoms with van der Waals surface area (Å²) in [6, 6.07) is 5.04. The van der Waals surface area contributed by atoms with E-state index in [9.17, 15) is 0 Å². The zero-order valence-electron chi connectivity index (χ0n) is 11.4. The van der Waals surface area contributed by atoms with Gasteiger partial charge in [-0.25, -0.2) is 10.8 Å². The van der Waals surface area contributed by atoms with Crippen LogP contribution < -0.4 is 16.0 Å². The minimum absolute atomic E-state index is 0.390. The summed E-state index contributed by atoms with van der Waals surface area (Å²) in [5.41, 5.74) is 3.31. The number of halogens is 2. The Morgan fingerprint density at radius 2 is 2.05 bits per heavy atom. The maximum absolute atomic E-state index is 6.13. The minimum atomic E-state index is 0.390. The number of benzene rings is 1. The van der Waals surface area contributed by atoms with Crippen LogP contribution in [0.25, 0.3) is 0 Å². The van der Waals surface area contributed by atoms with Crippen LogP contribution in [0.15, 0.2) is 18.2 Å². The fraction of sp³-hybridized carbons (Fsp3) is 0.286. The Morgan fingerprint density at radius 3 is 2.67 bits per heavy atom. The summed E-state index contributed by atoms with van der Waals surface area (Å²) in [6.07, 6.45) is 2.18. The van der Waals surface area contributed by atoms with Crippen LogP contribution in [0, 0.1) is 6.92 Å². The molecule has 110 valence electrons. The fourth-order valence-electron chi connectivity index (χ4n) is 1.94. The largest absolute Gasteiger partial charge is 0.437 e. The van der Waals surface area contributed by atoms with Crippen molar-refractivity contribution >= 4 is 29.0 Å². The summed E-state index contributed by atoms with van der Waals surface area (Å²) < 4.78 is 5.82. The van der Waals surface area contributed by atoms with Gasteiger partial charge >= 0.3 is 0 Å². The number of rotatable bonds is 4. The lowest BCUT2D eigenvalue weighted by Gasteiger charge is -2.13. The number of hydrazine groups is 1. The van der Waals surface area contributed by atoms with Crippen LogP contribution in [-0.4, -0.2) is 9.97 Å².